The van der Waals surface area contributed by atoms with Crippen LogP contribution < -0.4 is 5.43 Å². The fourth-order valence-corrected chi connectivity index (χ4v) is 2.18. The highest BCUT2D eigenvalue weighted by atomic mass is 16.3. The van der Waals surface area contributed by atoms with E-state index < -0.39 is 5.91 Å². The molecule has 2 N–H and O–H groups in total. The Bertz CT molecular complexity index is 919. The van der Waals surface area contributed by atoms with Gasteiger partial charge in [0, 0.05) is 11.1 Å². The first-order valence-electron chi connectivity index (χ1n) is 7.57. The minimum atomic E-state index is -0.402. The molecule has 0 aliphatic carbocycles. The zero-order chi connectivity index (χ0) is 17.6. The monoisotopic (exact) mass is 336 g/mol. The molecule has 1 heterocycles. The van der Waals surface area contributed by atoms with Crippen molar-refractivity contribution in [2.24, 2.45) is 5.10 Å². The zero-order valence-electron chi connectivity index (χ0n) is 13.5. The molecule has 2 aromatic carbocycles. The molecule has 0 unspecified atom stereocenters. The maximum Gasteiger partial charge on any atom is 0.263 e. The average Bonchev–Trinajstić information content (AvgIpc) is 3.05. The number of nitrogens with zero attached hydrogens (tertiary/aromatic N) is 5. The van der Waals surface area contributed by atoms with Crippen LogP contribution in [0, 0.1) is 6.92 Å². The van der Waals surface area contributed by atoms with Gasteiger partial charge in [-0.3, -0.25) is 4.79 Å². The summed E-state index contributed by atoms with van der Waals surface area (Å²) in [4.78, 5) is 13.1. The summed E-state index contributed by atoms with van der Waals surface area (Å²) in [5.74, 6) is 0.144. The largest absolute Gasteiger partial charge is 0.507 e. The highest BCUT2D eigenvalue weighted by Gasteiger charge is 2.10. The van der Waals surface area contributed by atoms with E-state index in [1.54, 1.807) is 18.2 Å². The van der Waals surface area contributed by atoms with E-state index in [-0.39, 0.29) is 12.3 Å². The molecule has 0 bridgehead atoms. The van der Waals surface area contributed by atoms with Crippen LogP contribution in [0.5, 0.6) is 5.75 Å². The Balaban J connectivity index is 1.61. The molecule has 0 saturated carbocycles. The number of aromatic nitrogens is 4. The van der Waals surface area contributed by atoms with Gasteiger partial charge in [-0.05, 0) is 29.8 Å². The number of rotatable bonds is 5. The Morgan fingerprint density at radius 2 is 2.00 bits per heavy atom. The molecular formula is C17H16N6O2. The van der Waals surface area contributed by atoms with E-state index in [9.17, 15) is 9.90 Å². The Hall–Kier alpha value is -3.55. The molecule has 1 amide bonds. The fraction of sp³-hybridized carbons (Fsp3) is 0.118. The van der Waals surface area contributed by atoms with Gasteiger partial charge in [0.05, 0.1) is 6.21 Å². The number of aryl methyl sites for hydroxylation is 1. The first kappa shape index (κ1) is 16.3. The molecule has 8 nitrogen and oxygen atoms in total. The molecule has 0 fully saturated rings. The molecule has 1 aromatic heterocycles. The summed E-state index contributed by atoms with van der Waals surface area (Å²) in [5.41, 5.74) is 4.76. The van der Waals surface area contributed by atoms with E-state index >= 15 is 0 Å². The molecule has 0 aliphatic rings. The maximum absolute atomic E-state index is 11.9. The molecular weight excluding hydrogens is 320 g/mol. The van der Waals surface area contributed by atoms with E-state index in [0.29, 0.717) is 11.4 Å². The lowest BCUT2D eigenvalue weighted by Gasteiger charge is -2.00. The molecule has 0 saturated heterocycles. The van der Waals surface area contributed by atoms with Gasteiger partial charge in [0.1, 0.15) is 12.3 Å². The van der Waals surface area contributed by atoms with E-state index in [1.807, 2.05) is 31.2 Å². The van der Waals surface area contributed by atoms with Crippen molar-refractivity contribution in [2.75, 3.05) is 0 Å². The topological polar surface area (TPSA) is 105 Å². The van der Waals surface area contributed by atoms with Crippen LogP contribution in [0.1, 0.15) is 11.1 Å². The Morgan fingerprint density at radius 3 is 2.80 bits per heavy atom. The SMILES string of the molecule is Cc1ccccc1-c1nnn(CC(=O)N/N=C\c2ccccc2O)n1. The van der Waals surface area contributed by atoms with Crippen LogP contribution in [0.25, 0.3) is 11.4 Å². The molecule has 25 heavy (non-hydrogen) atoms. The molecule has 0 aliphatic heterocycles. The highest BCUT2D eigenvalue weighted by molar-refractivity contribution is 5.84. The highest BCUT2D eigenvalue weighted by Crippen LogP contribution is 2.17. The number of benzene rings is 2. The van der Waals surface area contributed by atoms with Crippen LogP contribution in [-0.4, -0.2) is 37.4 Å². The summed E-state index contributed by atoms with van der Waals surface area (Å²) in [6.07, 6.45) is 1.36. The predicted octanol–water partition coefficient (Wildman–Crippen LogP) is 1.50. The number of hydrazone groups is 1. The number of phenols is 1. The van der Waals surface area contributed by atoms with Crippen molar-refractivity contribution in [3.8, 4) is 17.1 Å². The number of aromatic hydroxyl groups is 1. The lowest BCUT2D eigenvalue weighted by Crippen LogP contribution is -2.24. The number of amides is 1. The van der Waals surface area contributed by atoms with Crippen molar-refractivity contribution in [3.05, 3.63) is 59.7 Å². The number of carbonyl (C=O) groups is 1. The summed E-state index contributed by atoms with van der Waals surface area (Å²) in [6, 6.07) is 14.4. The Kier molecular flexibility index (Phi) is 4.79. The average molecular weight is 336 g/mol. The third-order valence-corrected chi connectivity index (χ3v) is 3.45. The Labute approximate surface area is 143 Å². The third kappa shape index (κ3) is 4.05. The van der Waals surface area contributed by atoms with Crippen LogP contribution in [0.3, 0.4) is 0 Å². The molecule has 3 aromatic rings. The zero-order valence-corrected chi connectivity index (χ0v) is 13.5. The molecule has 0 atom stereocenters. The van der Waals surface area contributed by atoms with Gasteiger partial charge in [0.25, 0.3) is 5.91 Å². The number of hydrogen-bond acceptors (Lipinski definition) is 6. The lowest BCUT2D eigenvalue weighted by molar-refractivity contribution is -0.122. The van der Waals surface area contributed by atoms with Crippen LogP contribution >= 0.6 is 0 Å². The van der Waals surface area contributed by atoms with E-state index in [2.05, 4.69) is 25.9 Å². The predicted molar refractivity (Wildman–Crippen MR) is 91.8 cm³/mol. The second-order valence-electron chi connectivity index (χ2n) is 5.31. The lowest BCUT2D eigenvalue weighted by atomic mass is 10.1. The van der Waals surface area contributed by atoms with Crippen molar-refractivity contribution in [1.82, 2.24) is 25.6 Å². The summed E-state index contributed by atoms with van der Waals surface area (Å²) >= 11 is 0. The van der Waals surface area contributed by atoms with Crippen molar-refractivity contribution in [2.45, 2.75) is 13.5 Å². The quantitative estimate of drug-likeness (QED) is 0.543. The smallest absolute Gasteiger partial charge is 0.263 e. The van der Waals surface area contributed by atoms with Crippen LogP contribution in [-0.2, 0) is 11.3 Å². The second-order valence-corrected chi connectivity index (χ2v) is 5.31. The normalized spacial score (nSPS) is 10.9. The number of nitrogens with one attached hydrogen (secondary N) is 1. The number of hydrogen-bond donors (Lipinski definition) is 2. The molecule has 0 spiro atoms. The van der Waals surface area contributed by atoms with Crippen molar-refractivity contribution >= 4 is 12.1 Å². The summed E-state index contributed by atoms with van der Waals surface area (Å²) in [5, 5.41) is 25.5. The van der Waals surface area contributed by atoms with Gasteiger partial charge in [-0.15, -0.1) is 10.2 Å². The Morgan fingerprint density at radius 1 is 1.24 bits per heavy atom. The van der Waals surface area contributed by atoms with Gasteiger partial charge < -0.3 is 5.11 Å². The molecule has 126 valence electrons. The van der Waals surface area contributed by atoms with Gasteiger partial charge in [0.15, 0.2) is 0 Å². The van der Waals surface area contributed by atoms with Gasteiger partial charge in [-0.1, -0.05) is 36.4 Å². The van der Waals surface area contributed by atoms with Gasteiger partial charge in [0.2, 0.25) is 5.82 Å². The number of phenolic OH excluding ortho intramolecular Hbond substituents is 1. The second kappa shape index (κ2) is 7.35. The van der Waals surface area contributed by atoms with Crippen molar-refractivity contribution in [1.29, 1.82) is 0 Å². The standard InChI is InChI=1S/C17H16N6O2/c1-12-6-2-4-8-14(12)17-20-22-23(21-17)11-16(25)19-18-10-13-7-3-5-9-15(13)24/h2-10,24H,11H2,1H3,(H,19,25)/b18-10-. The number of carbonyl (C=O) groups excluding carboxylic acids is 1. The summed E-state index contributed by atoms with van der Waals surface area (Å²) in [6.45, 7) is 1.84. The summed E-state index contributed by atoms with van der Waals surface area (Å²) in [7, 11) is 0. The van der Waals surface area contributed by atoms with Crippen LogP contribution in [0.15, 0.2) is 53.6 Å². The van der Waals surface area contributed by atoms with Crippen LogP contribution in [0.4, 0.5) is 0 Å². The van der Waals surface area contributed by atoms with E-state index in [1.165, 1.54) is 17.1 Å². The minimum Gasteiger partial charge on any atom is -0.507 e. The van der Waals surface area contributed by atoms with Crippen molar-refractivity contribution < 1.29 is 9.90 Å². The fourth-order valence-electron chi connectivity index (χ4n) is 2.18. The minimum absolute atomic E-state index is 0.0846. The third-order valence-electron chi connectivity index (χ3n) is 3.45. The molecule has 3 rings (SSSR count). The van der Waals surface area contributed by atoms with Gasteiger partial charge >= 0.3 is 0 Å². The number of para-hydroxylation sites is 1. The molecule has 0 radical (unpaired) electrons. The van der Waals surface area contributed by atoms with E-state index in [0.717, 1.165) is 11.1 Å². The van der Waals surface area contributed by atoms with Crippen LogP contribution in [0.2, 0.25) is 0 Å². The first-order valence-corrected chi connectivity index (χ1v) is 7.57. The number of tetrazole rings is 1. The first-order chi connectivity index (χ1) is 12.1. The van der Waals surface area contributed by atoms with Gasteiger partial charge in [-0.2, -0.15) is 9.90 Å². The summed E-state index contributed by atoms with van der Waals surface area (Å²) < 4.78 is 0. The molecule has 8 heteroatoms. The van der Waals surface area contributed by atoms with Crippen molar-refractivity contribution in [3.63, 3.8) is 0 Å². The van der Waals surface area contributed by atoms with Gasteiger partial charge in [-0.25, -0.2) is 5.43 Å². The maximum atomic E-state index is 11.9. The van der Waals surface area contributed by atoms with E-state index in [4.69, 9.17) is 0 Å².